The maximum Gasteiger partial charge on any atom is 0.324 e. The number of hydrogen-bond acceptors (Lipinski definition) is 3. The number of benzene rings is 4. The topological polar surface area (TPSA) is 29.5 Å². The Morgan fingerprint density at radius 3 is 1.62 bits per heavy atom. The van der Waals surface area contributed by atoms with Crippen molar-refractivity contribution in [1.29, 1.82) is 0 Å². The highest BCUT2D eigenvalue weighted by atomic mass is 127. The Kier molecular flexibility index (Phi) is 8.88. The molecule has 0 radical (unpaired) electrons. The van der Waals surface area contributed by atoms with E-state index in [2.05, 4.69) is 76.0 Å². The van der Waals surface area contributed by atoms with Crippen LogP contribution in [0.5, 0.6) is 0 Å². The molecule has 4 aromatic rings. The molecule has 0 aliphatic rings. The Morgan fingerprint density at radius 1 is 0.647 bits per heavy atom. The van der Waals surface area contributed by atoms with Gasteiger partial charge in [-0.05, 0) is 63.4 Å². The first-order valence-corrected chi connectivity index (χ1v) is 12.5. The number of carbonyl (C=O) groups is 1. The van der Waals surface area contributed by atoms with Crippen molar-refractivity contribution >= 4 is 28.6 Å². The molecule has 0 aliphatic carbocycles. The van der Waals surface area contributed by atoms with Gasteiger partial charge in [-0.25, -0.2) is 0 Å². The number of ether oxygens (including phenoxy) is 1. The van der Waals surface area contributed by atoms with Gasteiger partial charge < -0.3 is 4.74 Å². The van der Waals surface area contributed by atoms with Crippen molar-refractivity contribution in [1.82, 2.24) is 4.90 Å². The molecule has 4 heteroatoms. The lowest BCUT2D eigenvalue weighted by atomic mass is 10.0. The van der Waals surface area contributed by atoms with Gasteiger partial charge in [0.15, 0.2) is 0 Å². The number of esters is 1. The van der Waals surface area contributed by atoms with Crippen LogP contribution >= 0.6 is 22.6 Å². The smallest absolute Gasteiger partial charge is 0.324 e. The molecule has 0 heterocycles. The van der Waals surface area contributed by atoms with Gasteiger partial charge in [0.2, 0.25) is 0 Å². The summed E-state index contributed by atoms with van der Waals surface area (Å²) < 4.78 is 7.04. The van der Waals surface area contributed by atoms with Crippen molar-refractivity contribution in [2.45, 2.75) is 32.2 Å². The van der Waals surface area contributed by atoms with Crippen LogP contribution in [-0.2, 0) is 35.6 Å². The van der Waals surface area contributed by atoms with Gasteiger partial charge >= 0.3 is 5.97 Å². The largest absolute Gasteiger partial charge is 0.460 e. The van der Waals surface area contributed by atoms with Crippen LogP contribution in [0.2, 0.25) is 0 Å². The zero-order chi connectivity index (χ0) is 23.6. The minimum atomic E-state index is -0.413. The molecular weight excluding hydrogens is 533 g/mol. The number of rotatable bonds is 10. The zero-order valence-corrected chi connectivity index (χ0v) is 21.2. The second-order valence-electron chi connectivity index (χ2n) is 8.32. The Hall–Kier alpha value is -2.96. The lowest BCUT2D eigenvalue weighted by Crippen LogP contribution is -2.43. The van der Waals surface area contributed by atoms with Gasteiger partial charge in [-0.1, -0.05) is 103 Å². The monoisotopic (exact) mass is 561 g/mol. The molecule has 1 unspecified atom stereocenters. The van der Waals surface area contributed by atoms with Gasteiger partial charge in [-0.15, -0.1) is 0 Å². The van der Waals surface area contributed by atoms with Crippen molar-refractivity contribution in [3.8, 4) is 0 Å². The maximum absolute atomic E-state index is 13.5. The minimum Gasteiger partial charge on any atom is -0.460 e. The van der Waals surface area contributed by atoms with Crippen molar-refractivity contribution in [3.63, 3.8) is 0 Å². The highest BCUT2D eigenvalue weighted by molar-refractivity contribution is 14.1. The van der Waals surface area contributed by atoms with Crippen molar-refractivity contribution in [3.05, 3.63) is 141 Å². The fourth-order valence-corrected chi connectivity index (χ4v) is 4.30. The Morgan fingerprint density at radius 2 is 1.12 bits per heavy atom. The average molecular weight is 561 g/mol. The van der Waals surface area contributed by atoms with E-state index < -0.39 is 6.04 Å². The molecule has 0 spiro atoms. The van der Waals surface area contributed by atoms with Crippen LogP contribution < -0.4 is 0 Å². The van der Waals surface area contributed by atoms with Crippen LogP contribution in [0.1, 0.15) is 22.3 Å². The standard InChI is InChI=1S/C30H28INO2/c31-28-18-16-24(17-19-28)20-29(30(33)34-23-27-14-8-3-9-15-27)32(21-25-10-4-1-5-11-25)22-26-12-6-2-7-13-26/h1-19,29H,20-23H2. The summed E-state index contributed by atoms with van der Waals surface area (Å²) in [5, 5.41) is 0. The fraction of sp³-hybridized carbons (Fsp3) is 0.167. The predicted octanol–water partition coefficient (Wildman–Crippen LogP) is 6.65. The molecule has 0 saturated heterocycles. The third kappa shape index (κ3) is 7.27. The van der Waals surface area contributed by atoms with Crippen LogP contribution in [0.4, 0.5) is 0 Å². The summed E-state index contributed by atoms with van der Waals surface area (Å²) in [6.07, 6.45) is 0.588. The predicted molar refractivity (Wildman–Crippen MR) is 145 cm³/mol. The summed E-state index contributed by atoms with van der Waals surface area (Å²) in [6.45, 7) is 1.59. The average Bonchev–Trinajstić information content (AvgIpc) is 2.88. The molecule has 0 aliphatic heterocycles. The SMILES string of the molecule is O=C(OCc1ccccc1)C(Cc1ccc(I)cc1)N(Cc1ccccc1)Cc1ccccc1. The quantitative estimate of drug-likeness (QED) is 0.161. The molecule has 1 atom stereocenters. The van der Waals surface area contributed by atoms with E-state index in [9.17, 15) is 4.79 Å². The van der Waals surface area contributed by atoms with Crippen LogP contribution in [0.3, 0.4) is 0 Å². The van der Waals surface area contributed by atoms with Gasteiger partial charge in [-0.2, -0.15) is 0 Å². The number of hydrogen-bond donors (Lipinski definition) is 0. The second kappa shape index (κ2) is 12.5. The summed E-state index contributed by atoms with van der Waals surface area (Å²) in [6, 6.07) is 38.4. The number of carbonyl (C=O) groups excluding carboxylic acids is 1. The maximum atomic E-state index is 13.5. The Bertz CT molecular complexity index is 1110. The summed E-state index contributed by atoms with van der Waals surface area (Å²) in [7, 11) is 0. The molecule has 0 fully saturated rings. The van der Waals surface area contributed by atoms with E-state index >= 15 is 0 Å². The van der Waals surface area contributed by atoms with E-state index in [1.165, 1.54) is 14.7 Å². The van der Waals surface area contributed by atoms with Crippen LogP contribution in [0.15, 0.2) is 115 Å². The van der Waals surface area contributed by atoms with Crippen molar-refractivity contribution in [2.75, 3.05) is 0 Å². The number of nitrogens with zero attached hydrogens (tertiary/aromatic N) is 1. The molecule has 0 amide bonds. The van der Waals surface area contributed by atoms with E-state index in [4.69, 9.17) is 4.74 Å². The molecule has 3 nitrogen and oxygen atoms in total. The minimum absolute atomic E-state index is 0.200. The normalized spacial score (nSPS) is 11.8. The van der Waals surface area contributed by atoms with Gasteiger partial charge in [-0.3, -0.25) is 9.69 Å². The third-order valence-corrected chi connectivity index (χ3v) is 6.46. The van der Waals surface area contributed by atoms with Crippen molar-refractivity contribution < 1.29 is 9.53 Å². The van der Waals surface area contributed by atoms with Crippen LogP contribution in [0, 0.1) is 3.57 Å². The Labute approximate surface area is 215 Å². The van der Waals surface area contributed by atoms with Crippen molar-refractivity contribution in [2.24, 2.45) is 0 Å². The molecule has 4 rings (SSSR count). The summed E-state index contributed by atoms with van der Waals surface area (Å²) in [5.41, 5.74) is 4.44. The van der Waals surface area contributed by atoms with E-state index in [0.29, 0.717) is 19.5 Å². The van der Waals surface area contributed by atoms with E-state index in [1.807, 2.05) is 66.7 Å². The van der Waals surface area contributed by atoms with E-state index in [-0.39, 0.29) is 12.6 Å². The molecule has 0 N–H and O–H groups in total. The zero-order valence-electron chi connectivity index (χ0n) is 19.0. The number of halogens is 1. The molecule has 0 aromatic heterocycles. The molecule has 0 bridgehead atoms. The third-order valence-electron chi connectivity index (χ3n) is 5.74. The molecule has 4 aromatic carbocycles. The van der Waals surface area contributed by atoms with Gasteiger partial charge in [0.25, 0.3) is 0 Å². The Balaban J connectivity index is 1.61. The first-order chi connectivity index (χ1) is 16.7. The van der Waals surface area contributed by atoms with E-state index in [0.717, 1.165) is 11.1 Å². The summed E-state index contributed by atoms with van der Waals surface area (Å²) in [4.78, 5) is 15.8. The molecule has 0 saturated carbocycles. The molecular formula is C30H28INO2. The van der Waals surface area contributed by atoms with Crippen LogP contribution in [-0.4, -0.2) is 16.9 Å². The van der Waals surface area contributed by atoms with E-state index in [1.54, 1.807) is 0 Å². The first-order valence-electron chi connectivity index (χ1n) is 11.4. The fourth-order valence-electron chi connectivity index (χ4n) is 3.94. The van der Waals surface area contributed by atoms with Crippen LogP contribution in [0.25, 0.3) is 0 Å². The summed E-state index contributed by atoms with van der Waals surface area (Å²) >= 11 is 2.30. The van der Waals surface area contributed by atoms with Gasteiger partial charge in [0.05, 0.1) is 0 Å². The molecule has 34 heavy (non-hydrogen) atoms. The van der Waals surface area contributed by atoms with Gasteiger partial charge in [0.1, 0.15) is 12.6 Å². The van der Waals surface area contributed by atoms with Gasteiger partial charge in [0, 0.05) is 16.7 Å². The highest BCUT2D eigenvalue weighted by Gasteiger charge is 2.28. The lowest BCUT2D eigenvalue weighted by Gasteiger charge is -2.31. The first kappa shape index (κ1) is 24.2. The summed E-state index contributed by atoms with van der Waals surface area (Å²) in [5.74, 6) is -0.200. The lowest BCUT2D eigenvalue weighted by molar-refractivity contribution is -0.152. The highest BCUT2D eigenvalue weighted by Crippen LogP contribution is 2.20. The molecule has 172 valence electrons. The second-order valence-corrected chi connectivity index (χ2v) is 9.56.